The number of halogens is 1. The number of amides is 2. The first kappa shape index (κ1) is 21.7. The van der Waals surface area contributed by atoms with Crippen LogP contribution in [-0.4, -0.2) is 45.1 Å². The standard InChI is InChI=1S/C18H26ClN3O4S/c1-13(18(2,3)4)12-20-17(23)21-16-11-14(5-6-15(16)19)27(24,25)22-7-9-26-10-8-22/h5-6,11-12H,7-10H2,1-4H3,(H2,20,21,23)/b13-12+. The van der Waals surface area contributed by atoms with Crippen molar-refractivity contribution in [3.05, 3.63) is 35.0 Å². The Bertz CT molecular complexity index is 825. The first-order valence-electron chi connectivity index (χ1n) is 8.64. The molecule has 150 valence electrons. The lowest BCUT2D eigenvalue weighted by atomic mass is 9.88. The number of allylic oxidation sites excluding steroid dienone is 1. The van der Waals surface area contributed by atoms with Crippen molar-refractivity contribution in [2.45, 2.75) is 32.6 Å². The van der Waals surface area contributed by atoms with E-state index in [1.807, 2.05) is 27.7 Å². The van der Waals surface area contributed by atoms with Crippen molar-refractivity contribution in [3.63, 3.8) is 0 Å². The minimum Gasteiger partial charge on any atom is -0.379 e. The number of carbonyl (C=O) groups is 1. The van der Waals surface area contributed by atoms with Crippen LogP contribution in [0.2, 0.25) is 5.02 Å². The monoisotopic (exact) mass is 415 g/mol. The molecule has 0 bridgehead atoms. The first-order chi connectivity index (χ1) is 12.5. The zero-order valence-electron chi connectivity index (χ0n) is 16.0. The normalized spacial score (nSPS) is 16.9. The number of sulfonamides is 1. The van der Waals surface area contributed by atoms with Gasteiger partial charge in [-0.3, -0.25) is 0 Å². The molecule has 1 fully saturated rings. The third-order valence-corrected chi connectivity index (χ3v) is 6.62. The molecule has 0 atom stereocenters. The first-order valence-corrected chi connectivity index (χ1v) is 10.5. The summed E-state index contributed by atoms with van der Waals surface area (Å²) in [5.74, 6) is 0. The molecule has 0 unspecified atom stereocenters. The van der Waals surface area contributed by atoms with E-state index in [1.54, 1.807) is 6.20 Å². The van der Waals surface area contributed by atoms with Crippen molar-refractivity contribution >= 4 is 33.3 Å². The third kappa shape index (κ3) is 5.68. The molecule has 0 aromatic heterocycles. The Morgan fingerprint density at radius 2 is 1.89 bits per heavy atom. The zero-order valence-corrected chi connectivity index (χ0v) is 17.6. The lowest BCUT2D eigenvalue weighted by Gasteiger charge is -2.26. The number of anilines is 1. The van der Waals surface area contributed by atoms with E-state index in [-0.39, 0.29) is 21.0 Å². The number of hydrogen-bond acceptors (Lipinski definition) is 4. The molecule has 27 heavy (non-hydrogen) atoms. The topological polar surface area (TPSA) is 87.7 Å². The predicted molar refractivity (Wildman–Crippen MR) is 106 cm³/mol. The van der Waals surface area contributed by atoms with Crippen molar-refractivity contribution < 1.29 is 17.9 Å². The number of nitrogens with one attached hydrogen (secondary N) is 2. The van der Waals surface area contributed by atoms with E-state index in [2.05, 4.69) is 10.6 Å². The van der Waals surface area contributed by atoms with Gasteiger partial charge in [-0.2, -0.15) is 4.31 Å². The third-order valence-electron chi connectivity index (χ3n) is 4.40. The van der Waals surface area contributed by atoms with Gasteiger partial charge in [0, 0.05) is 19.3 Å². The highest BCUT2D eigenvalue weighted by molar-refractivity contribution is 7.89. The maximum absolute atomic E-state index is 12.8. The molecule has 2 rings (SSSR count). The van der Waals surface area contributed by atoms with Crippen LogP contribution in [0.4, 0.5) is 10.5 Å². The molecular formula is C18H26ClN3O4S. The molecule has 1 saturated heterocycles. The van der Waals surface area contributed by atoms with Crippen molar-refractivity contribution in [2.75, 3.05) is 31.6 Å². The molecule has 0 aliphatic carbocycles. The van der Waals surface area contributed by atoms with E-state index in [0.29, 0.717) is 26.3 Å². The number of hydrogen-bond donors (Lipinski definition) is 2. The highest BCUT2D eigenvalue weighted by atomic mass is 35.5. The van der Waals surface area contributed by atoms with Crippen LogP contribution in [0.3, 0.4) is 0 Å². The maximum atomic E-state index is 12.8. The summed E-state index contributed by atoms with van der Waals surface area (Å²) >= 11 is 6.13. The molecule has 7 nitrogen and oxygen atoms in total. The van der Waals surface area contributed by atoms with Gasteiger partial charge >= 0.3 is 6.03 Å². The molecule has 1 aliphatic heterocycles. The fraction of sp³-hybridized carbons (Fsp3) is 0.500. The van der Waals surface area contributed by atoms with Crippen molar-refractivity contribution in [3.8, 4) is 0 Å². The van der Waals surface area contributed by atoms with E-state index in [4.69, 9.17) is 16.3 Å². The fourth-order valence-corrected chi connectivity index (χ4v) is 3.84. The van der Waals surface area contributed by atoms with Crippen LogP contribution in [0.15, 0.2) is 34.9 Å². The van der Waals surface area contributed by atoms with E-state index in [0.717, 1.165) is 5.57 Å². The zero-order chi connectivity index (χ0) is 20.2. The number of carbonyl (C=O) groups excluding carboxylic acids is 1. The summed E-state index contributed by atoms with van der Waals surface area (Å²) in [6.07, 6.45) is 1.62. The summed E-state index contributed by atoms with van der Waals surface area (Å²) in [5.41, 5.74) is 1.15. The smallest absolute Gasteiger partial charge is 0.323 e. The molecule has 1 aliphatic rings. The van der Waals surface area contributed by atoms with Gasteiger partial charge in [-0.25, -0.2) is 13.2 Å². The van der Waals surface area contributed by atoms with Gasteiger partial charge in [0.1, 0.15) is 0 Å². The number of benzene rings is 1. The Kier molecular flexibility index (Phi) is 6.91. The lowest BCUT2D eigenvalue weighted by molar-refractivity contribution is 0.0730. The van der Waals surface area contributed by atoms with Crippen LogP contribution in [0.1, 0.15) is 27.7 Å². The van der Waals surface area contributed by atoms with Gasteiger partial charge in [-0.1, -0.05) is 37.9 Å². The molecule has 0 radical (unpaired) electrons. The largest absolute Gasteiger partial charge is 0.379 e. The van der Waals surface area contributed by atoms with E-state index < -0.39 is 16.1 Å². The Morgan fingerprint density at radius 3 is 2.48 bits per heavy atom. The van der Waals surface area contributed by atoms with Gasteiger partial charge in [0.2, 0.25) is 10.0 Å². The van der Waals surface area contributed by atoms with E-state index in [9.17, 15) is 13.2 Å². The van der Waals surface area contributed by atoms with Gasteiger partial charge in [0.25, 0.3) is 0 Å². The van der Waals surface area contributed by atoms with Gasteiger partial charge in [-0.15, -0.1) is 0 Å². The van der Waals surface area contributed by atoms with E-state index >= 15 is 0 Å². The van der Waals surface area contributed by atoms with Crippen molar-refractivity contribution in [1.82, 2.24) is 9.62 Å². The number of morpholine rings is 1. The maximum Gasteiger partial charge on any atom is 0.323 e. The highest BCUT2D eigenvalue weighted by Gasteiger charge is 2.27. The van der Waals surface area contributed by atoms with Crippen LogP contribution in [0.5, 0.6) is 0 Å². The van der Waals surface area contributed by atoms with Gasteiger partial charge in [0.05, 0.1) is 28.8 Å². The molecule has 1 aromatic carbocycles. The molecule has 0 saturated carbocycles. The molecule has 2 N–H and O–H groups in total. The SMILES string of the molecule is C/C(=C\NC(=O)Nc1cc(S(=O)(=O)N2CCOCC2)ccc1Cl)C(C)(C)C. The summed E-state index contributed by atoms with van der Waals surface area (Å²) in [6, 6.07) is 3.76. The molecule has 0 spiro atoms. The van der Waals surface area contributed by atoms with Gasteiger partial charge in [-0.05, 0) is 30.5 Å². The lowest BCUT2D eigenvalue weighted by Crippen LogP contribution is -2.40. The summed E-state index contributed by atoms with van der Waals surface area (Å²) in [5, 5.41) is 5.49. The number of rotatable bonds is 4. The Labute approximate surface area is 165 Å². The summed E-state index contributed by atoms with van der Waals surface area (Å²) in [4.78, 5) is 12.2. The van der Waals surface area contributed by atoms with E-state index in [1.165, 1.54) is 22.5 Å². The average molecular weight is 416 g/mol. The fourth-order valence-electron chi connectivity index (χ4n) is 2.25. The summed E-state index contributed by atoms with van der Waals surface area (Å²) in [7, 11) is -3.67. The van der Waals surface area contributed by atoms with Crippen molar-refractivity contribution in [2.24, 2.45) is 5.41 Å². The Hall–Kier alpha value is -1.61. The minimum absolute atomic E-state index is 0.0723. The van der Waals surface area contributed by atoms with Gasteiger partial charge < -0.3 is 15.4 Å². The number of urea groups is 1. The summed E-state index contributed by atoms with van der Waals surface area (Å²) in [6.45, 7) is 9.35. The Balaban J connectivity index is 2.16. The summed E-state index contributed by atoms with van der Waals surface area (Å²) < 4.78 is 32.1. The van der Waals surface area contributed by atoms with Crippen LogP contribution in [0.25, 0.3) is 0 Å². The van der Waals surface area contributed by atoms with Crippen LogP contribution in [-0.2, 0) is 14.8 Å². The highest BCUT2D eigenvalue weighted by Crippen LogP contribution is 2.27. The average Bonchev–Trinajstić information content (AvgIpc) is 2.61. The van der Waals surface area contributed by atoms with Gasteiger partial charge in [0.15, 0.2) is 0 Å². The Morgan fingerprint density at radius 1 is 1.26 bits per heavy atom. The quantitative estimate of drug-likeness (QED) is 0.788. The minimum atomic E-state index is -3.67. The van der Waals surface area contributed by atoms with Crippen LogP contribution < -0.4 is 10.6 Å². The van der Waals surface area contributed by atoms with Crippen molar-refractivity contribution in [1.29, 1.82) is 0 Å². The molecular weight excluding hydrogens is 390 g/mol. The number of nitrogens with zero attached hydrogens (tertiary/aromatic N) is 1. The second-order valence-electron chi connectivity index (χ2n) is 7.33. The number of ether oxygens (including phenoxy) is 1. The predicted octanol–water partition coefficient (Wildman–Crippen LogP) is 3.43. The molecule has 9 heteroatoms. The second kappa shape index (κ2) is 8.60. The molecule has 1 heterocycles. The van der Waals surface area contributed by atoms with Crippen LogP contribution >= 0.6 is 11.6 Å². The molecule has 2 amide bonds. The molecule has 1 aromatic rings. The second-order valence-corrected chi connectivity index (χ2v) is 9.68. The van der Waals surface area contributed by atoms with Crippen LogP contribution in [0, 0.1) is 5.41 Å².